The molecule has 29 heavy (non-hydrogen) atoms. The summed E-state index contributed by atoms with van der Waals surface area (Å²) in [6, 6.07) is 5.37. The van der Waals surface area contributed by atoms with E-state index < -0.39 is 53.6 Å². The molecule has 0 amide bonds. The van der Waals surface area contributed by atoms with Gasteiger partial charge in [-0.1, -0.05) is 12.1 Å². The predicted molar refractivity (Wildman–Crippen MR) is 98.0 cm³/mol. The third kappa shape index (κ3) is 2.56. The van der Waals surface area contributed by atoms with Crippen molar-refractivity contribution < 1.29 is 39.5 Å². The van der Waals surface area contributed by atoms with Gasteiger partial charge in [-0.15, -0.1) is 0 Å². The van der Waals surface area contributed by atoms with Crippen LogP contribution in [0.4, 0.5) is 0 Å². The fraction of sp³-hybridized carbons (Fsp3) is 0.286. The lowest BCUT2D eigenvalue weighted by molar-refractivity contribution is -0.145. The summed E-state index contributed by atoms with van der Waals surface area (Å²) in [6.45, 7) is -0.419. The third-order valence-electron chi connectivity index (χ3n) is 5.71. The van der Waals surface area contributed by atoms with Crippen molar-refractivity contribution in [2.75, 3.05) is 13.7 Å². The summed E-state index contributed by atoms with van der Waals surface area (Å²) in [4.78, 5) is 38.4. The predicted octanol–water partition coefficient (Wildman–Crippen LogP) is 1.18. The van der Waals surface area contributed by atoms with Gasteiger partial charge >= 0.3 is 5.97 Å². The average Bonchev–Trinajstić information content (AvgIpc) is 2.70. The Labute approximate surface area is 165 Å². The first-order valence-corrected chi connectivity index (χ1v) is 8.99. The lowest BCUT2D eigenvalue weighted by atomic mass is 9.70. The topological polar surface area (TPSA) is 141 Å². The van der Waals surface area contributed by atoms with Crippen LogP contribution in [0.15, 0.2) is 24.3 Å². The van der Waals surface area contributed by atoms with Crippen molar-refractivity contribution in [3.05, 3.63) is 57.6 Å². The van der Waals surface area contributed by atoms with Crippen molar-refractivity contribution in [3.8, 4) is 11.5 Å². The number of aliphatic hydroxyl groups excluding tert-OH is 2. The molecule has 2 aromatic rings. The van der Waals surface area contributed by atoms with Gasteiger partial charge in [0, 0.05) is 29.2 Å². The number of ketones is 2. The van der Waals surface area contributed by atoms with Gasteiger partial charge in [0.05, 0.1) is 30.3 Å². The Balaban J connectivity index is 2.02. The van der Waals surface area contributed by atoms with Crippen LogP contribution >= 0.6 is 0 Å². The zero-order valence-corrected chi connectivity index (χ0v) is 15.4. The summed E-state index contributed by atoms with van der Waals surface area (Å²) in [5.74, 6) is -4.75. The van der Waals surface area contributed by atoms with E-state index in [1.807, 2.05) is 0 Å². The number of fused-ring (bicyclic) bond motifs is 3. The number of aromatic hydroxyl groups is 2. The zero-order chi connectivity index (χ0) is 21.0. The van der Waals surface area contributed by atoms with E-state index in [-0.39, 0.29) is 39.8 Å². The second kappa shape index (κ2) is 6.68. The summed E-state index contributed by atoms with van der Waals surface area (Å²) >= 11 is 0. The molecule has 0 aromatic heterocycles. The molecule has 0 saturated heterocycles. The minimum Gasteiger partial charge on any atom is -0.507 e. The summed E-state index contributed by atoms with van der Waals surface area (Å²) in [5, 5.41) is 41.2. The maximum atomic E-state index is 13.0. The first-order valence-electron chi connectivity index (χ1n) is 8.99. The molecule has 150 valence electrons. The van der Waals surface area contributed by atoms with Crippen LogP contribution in [-0.2, 0) is 9.53 Å². The number of carbonyl (C=O) groups is 3. The van der Waals surface area contributed by atoms with Crippen LogP contribution < -0.4 is 0 Å². The normalized spacial score (nSPS) is 22.5. The van der Waals surface area contributed by atoms with Crippen molar-refractivity contribution in [1.29, 1.82) is 0 Å². The number of methoxy groups -OCH3 is 1. The summed E-state index contributed by atoms with van der Waals surface area (Å²) in [5.41, 5.74) is -0.619. The highest BCUT2D eigenvalue weighted by Crippen LogP contribution is 2.49. The van der Waals surface area contributed by atoms with Crippen molar-refractivity contribution in [2.24, 2.45) is 5.92 Å². The van der Waals surface area contributed by atoms with Gasteiger partial charge in [0.25, 0.3) is 0 Å². The molecule has 2 unspecified atom stereocenters. The number of ether oxygens (including phenoxy) is 1. The van der Waals surface area contributed by atoms with Gasteiger partial charge in [-0.05, 0) is 24.1 Å². The Bertz CT molecular complexity index is 1070. The molecular weight excluding hydrogens is 380 g/mol. The third-order valence-corrected chi connectivity index (χ3v) is 5.71. The Kier molecular flexibility index (Phi) is 4.40. The average molecular weight is 398 g/mol. The number of phenols is 2. The van der Waals surface area contributed by atoms with E-state index in [1.54, 1.807) is 0 Å². The van der Waals surface area contributed by atoms with Gasteiger partial charge in [-0.25, -0.2) is 0 Å². The molecule has 0 aliphatic heterocycles. The second-order valence-corrected chi connectivity index (χ2v) is 7.20. The minimum atomic E-state index is -1.26. The number of hydrogen-bond donors (Lipinski definition) is 4. The molecule has 0 saturated carbocycles. The Morgan fingerprint density at radius 2 is 1.86 bits per heavy atom. The molecule has 8 heteroatoms. The molecule has 3 atom stereocenters. The molecule has 2 aromatic carbocycles. The van der Waals surface area contributed by atoms with Gasteiger partial charge in [0.2, 0.25) is 5.78 Å². The molecule has 0 bridgehead atoms. The maximum absolute atomic E-state index is 13.0. The minimum absolute atomic E-state index is 0.0217. The fourth-order valence-corrected chi connectivity index (χ4v) is 4.38. The molecule has 4 N–H and O–H groups in total. The van der Waals surface area contributed by atoms with Crippen LogP contribution in [0.3, 0.4) is 0 Å². The van der Waals surface area contributed by atoms with E-state index in [0.717, 1.165) is 0 Å². The molecule has 8 nitrogen and oxygen atoms in total. The largest absolute Gasteiger partial charge is 0.507 e. The van der Waals surface area contributed by atoms with Crippen molar-refractivity contribution >= 4 is 17.5 Å². The molecule has 0 heterocycles. The first-order chi connectivity index (χ1) is 13.8. The molecular formula is C21H18O8. The quantitative estimate of drug-likeness (QED) is 0.472. The molecule has 0 radical (unpaired) electrons. The van der Waals surface area contributed by atoms with E-state index in [2.05, 4.69) is 0 Å². The van der Waals surface area contributed by atoms with Crippen molar-refractivity contribution in [2.45, 2.75) is 18.4 Å². The Hall–Kier alpha value is -3.23. The summed E-state index contributed by atoms with van der Waals surface area (Å²) in [6.07, 6.45) is -1.30. The highest BCUT2D eigenvalue weighted by atomic mass is 16.5. The van der Waals surface area contributed by atoms with Gasteiger partial charge in [0.1, 0.15) is 11.5 Å². The Morgan fingerprint density at radius 1 is 1.14 bits per heavy atom. The zero-order valence-electron chi connectivity index (χ0n) is 15.4. The van der Waals surface area contributed by atoms with Crippen LogP contribution in [0, 0.1) is 5.92 Å². The number of carbonyl (C=O) groups excluding carboxylic acids is 3. The van der Waals surface area contributed by atoms with Crippen LogP contribution in [-0.4, -0.2) is 51.7 Å². The Morgan fingerprint density at radius 3 is 2.52 bits per heavy atom. The highest BCUT2D eigenvalue weighted by Gasteiger charge is 2.44. The van der Waals surface area contributed by atoms with Crippen molar-refractivity contribution in [3.63, 3.8) is 0 Å². The fourth-order valence-electron chi connectivity index (χ4n) is 4.38. The number of rotatable bonds is 2. The first kappa shape index (κ1) is 19.1. The molecule has 0 fully saturated rings. The van der Waals surface area contributed by atoms with Crippen LogP contribution in [0.25, 0.3) is 0 Å². The van der Waals surface area contributed by atoms with E-state index in [0.29, 0.717) is 0 Å². The number of benzene rings is 2. The van der Waals surface area contributed by atoms with E-state index in [9.17, 15) is 34.8 Å². The van der Waals surface area contributed by atoms with Gasteiger partial charge in [-0.2, -0.15) is 0 Å². The SMILES string of the molecule is COC(=O)C1c2cc3c(c(O)c2C(O)C[C@H]1CO)C(=O)c1c(O)cccc1C3=O. The number of hydrogen-bond acceptors (Lipinski definition) is 8. The summed E-state index contributed by atoms with van der Waals surface area (Å²) < 4.78 is 4.82. The number of esters is 1. The van der Waals surface area contributed by atoms with Crippen LogP contribution in [0.1, 0.15) is 61.4 Å². The number of phenolic OH excluding ortho intramolecular Hbond substituents is 2. The highest BCUT2D eigenvalue weighted by molar-refractivity contribution is 6.30. The van der Waals surface area contributed by atoms with Crippen molar-refractivity contribution in [1.82, 2.24) is 0 Å². The smallest absolute Gasteiger partial charge is 0.313 e. The maximum Gasteiger partial charge on any atom is 0.313 e. The monoisotopic (exact) mass is 398 g/mol. The van der Waals surface area contributed by atoms with E-state index in [4.69, 9.17) is 4.74 Å². The molecule has 4 rings (SSSR count). The molecule has 2 aliphatic rings. The van der Waals surface area contributed by atoms with Crippen LogP contribution in [0.2, 0.25) is 0 Å². The van der Waals surface area contributed by atoms with E-state index in [1.165, 1.54) is 31.4 Å². The lowest BCUT2D eigenvalue weighted by Gasteiger charge is -2.35. The summed E-state index contributed by atoms with van der Waals surface area (Å²) in [7, 11) is 1.17. The molecule has 2 aliphatic carbocycles. The van der Waals surface area contributed by atoms with Gasteiger partial charge in [0.15, 0.2) is 5.78 Å². The van der Waals surface area contributed by atoms with Gasteiger partial charge < -0.3 is 25.2 Å². The van der Waals surface area contributed by atoms with E-state index >= 15 is 0 Å². The molecule has 0 spiro atoms. The standard InChI is InChI=1S/C21H18O8/c1-29-21(28)14-8(7-22)5-13(24)16-10(14)6-11-17(20(16)27)19(26)15-9(18(11)25)3-2-4-12(15)23/h2-4,6,8,13-14,22-24,27H,5,7H2,1H3/t8-,13?,14?/m0/s1. The lowest BCUT2D eigenvalue weighted by Crippen LogP contribution is -2.33. The number of aliphatic hydroxyl groups is 2. The van der Waals surface area contributed by atoms with Crippen LogP contribution in [0.5, 0.6) is 11.5 Å². The second-order valence-electron chi connectivity index (χ2n) is 7.20. The van der Waals surface area contributed by atoms with Gasteiger partial charge in [-0.3, -0.25) is 14.4 Å².